The van der Waals surface area contributed by atoms with Crippen LogP contribution in [0.15, 0.2) is 28.7 Å². The van der Waals surface area contributed by atoms with E-state index in [9.17, 15) is 4.79 Å². The van der Waals surface area contributed by atoms with Gasteiger partial charge in [-0.15, -0.1) is 0 Å². The average molecular weight is 302 g/mol. The second kappa shape index (κ2) is 4.00. The molecule has 0 aliphatic carbocycles. The summed E-state index contributed by atoms with van der Waals surface area (Å²) in [5, 5.41) is 1.02. The van der Waals surface area contributed by atoms with Gasteiger partial charge < -0.3 is 9.15 Å². The predicted molar refractivity (Wildman–Crippen MR) is 59.8 cm³/mol. The largest absolute Gasteiger partial charge is 0.460 e. The number of furan rings is 1. The number of fused-ring (bicyclic) bond motifs is 1. The summed E-state index contributed by atoms with van der Waals surface area (Å²) in [7, 11) is 0. The molecule has 1 heterocycles. The van der Waals surface area contributed by atoms with Gasteiger partial charge in [-0.1, -0.05) is 6.07 Å². The molecule has 2 aromatic rings. The first kappa shape index (κ1) is 9.51. The lowest BCUT2D eigenvalue weighted by Gasteiger charge is -1.91. The third-order valence-corrected chi connectivity index (χ3v) is 2.50. The first-order valence-corrected chi connectivity index (χ1v) is 5.10. The van der Waals surface area contributed by atoms with Crippen molar-refractivity contribution in [1.82, 2.24) is 0 Å². The van der Waals surface area contributed by atoms with Gasteiger partial charge in [0.2, 0.25) is 0 Å². The van der Waals surface area contributed by atoms with Gasteiger partial charge in [0.25, 0.3) is 6.47 Å². The van der Waals surface area contributed by atoms with Crippen LogP contribution in [0.4, 0.5) is 0 Å². The zero-order chi connectivity index (χ0) is 9.97. The van der Waals surface area contributed by atoms with Crippen LogP contribution in [0.3, 0.4) is 0 Å². The van der Waals surface area contributed by atoms with Gasteiger partial charge in [0.1, 0.15) is 18.0 Å². The highest BCUT2D eigenvalue weighted by Crippen LogP contribution is 2.21. The van der Waals surface area contributed by atoms with Crippen LogP contribution in [0.2, 0.25) is 0 Å². The van der Waals surface area contributed by atoms with Gasteiger partial charge in [-0.3, -0.25) is 4.79 Å². The molecular formula is C10H7IO3. The normalized spacial score (nSPS) is 10.4. The molecule has 0 spiro atoms. The van der Waals surface area contributed by atoms with E-state index >= 15 is 0 Å². The highest BCUT2D eigenvalue weighted by Gasteiger charge is 2.03. The molecule has 3 nitrogen and oxygen atoms in total. The Bertz CT molecular complexity index is 461. The number of halogens is 1. The fraction of sp³-hybridized carbons (Fsp3) is 0.100. The Kier molecular flexibility index (Phi) is 2.72. The van der Waals surface area contributed by atoms with Crippen LogP contribution in [0, 0.1) is 3.57 Å². The van der Waals surface area contributed by atoms with E-state index in [-0.39, 0.29) is 6.61 Å². The zero-order valence-electron chi connectivity index (χ0n) is 7.20. The van der Waals surface area contributed by atoms with E-state index in [0.717, 1.165) is 14.5 Å². The molecule has 4 heteroatoms. The van der Waals surface area contributed by atoms with Gasteiger partial charge in [0.15, 0.2) is 0 Å². The maximum Gasteiger partial charge on any atom is 0.293 e. The first-order chi connectivity index (χ1) is 6.79. The molecule has 1 aromatic carbocycles. The number of rotatable bonds is 3. The van der Waals surface area contributed by atoms with Crippen molar-refractivity contribution in [2.75, 3.05) is 0 Å². The lowest BCUT2D eigenvalue weighted by molar-refractivity contribution is -0.130. The van der Waals surface area contributed by atoms with E-state index in [0.29, 0.717) is 12.2 Å². The fourth-order valence-corrected chi connectivity index (χ4v) is 1.71. The van der Waals surface area contributed by atoms with E-state index in [1.54, 1.807) is 0 Å². The predicted octanol–water partition coefficient (Wildman–Crippen LogP) is 2.71. The Morgan fingerprint density at radius 1 is 1.43 bits per heavy atom. The van der Waals surface area contributed by atoms with Crippen LogP contribution in [0.1, 0.15) is 5.76 Å². The Hall–Kier alpha value is -1.04. The van der Waals surface area contributed by atoms with Gasteiger partial charge in [-0.25, -0.2) is 0 Å². The van der Waals surface area contributed by atoms with Crippen LogP contribution in [-0.4, -0.2) is 6.47 Å². The van der Waals surface area contributed by atoms with Gasteiger partial charge in [0.05, 0.1) is 0 Å². The Labute approximate surface area is 94.2 Å². The quantitative estimate of drug-likeness (QED) is 0.646. The second-order valence-electron chi connectivity index (χ2n) is 2.80. The molecule has 72 valence electrons. The van der Waals surface area contributed by atoms with Crippen LogP contribution < -0.4 is 0 Å². The lowest BCUT2D eigenvalue weighted by Crippen LogP contribution is -1.85. The molecular weight excluding hydrogens is 295 g/mol. The summed E-state index contributed by atoms with van der Waals surface area (Å²) in [6, 6.07) is 7.79. The molecule has 0 radical (unpaired) electrons. The van der Waals surface area contributed by atoms with E-state index in [4.69, 9.17) is 4.42 Å². The highest BCUT2D eigenvalue weighted by atomic mass is 127. The molecule has 0 fully saturated rings. The Morgan fingerprint density at radius 3 is 3.07 bits per heavy atom. The van der Waals surface area contributed by atoms with Crippen molar-refractivity contribution in [2.24, 2.45) is 0 Å². The Morgan fingerprint density at radius 2 is 2.29 bits per heavy atom. The minimum Gasteiger partial charge on any atom is -0.460 e. The molecule has 14 heavy (non-hydrogen) atoms. The smallest absolute Gasteiger partial charge is 0.293 e. The number of hydrogen-bond donors (Lipinski definition) is 0. The van der Waals surface area contributed by atoms with Crippen molar-refractivity contribution in [2.45, 2.75) is 6.61 Å². The summed E-state index contributed by atoms with van der Waals surface area (Å²) in [4.78, 5) is 9.98. The SMILES string of the molecule is O=COCc1cc2ccc(I)cc2o1. The Balaban J connectivity index is 2.36. The van der Waals surface area contributed by atoms with Crippen LogP contribution in [0.25, 0.3) is 11.0 Å². The number of ether oxygens (including phenoxy) is 1. The van der Waals surface area contributed by atoms with Gasteiger partial charge >= 0.3 is 0 Å². The monoisotopic (exact) mass is 302 g/mol. The topological polar surface area (TPSA) is 39.4 Å². The minimum absolute atomic E-state index is 0.189. The van der Waals surface area contributed by atoms with Crippen molar-refractivity contribution in [3.63, 3.8) is 0 Å². The fourth-order valence-electron chi connectivity index (χ4n) is 1.25. The van der Waals surface area contributed by atoms with Crippen LogP contribution in [0.5, 0.6) is 0 Å². The molecule has 0 aliphatic rings. The van der Waals surface area contributed by atoms with E-state index in [1.165, 1.54) is 0 Å². The molecule has 0 saturated carbocycles. The third kappa shape index (κ3) is 1.89. The van der Waals surface area contributed by atoms with Gasteiger partial charge in [-0.2, -0.15) is 0 Å². The third-order valence-electron chi connectivity index (χ3n) is 1.83. The maximum absolute atomic E-state index is 9.98. The van der Waals surface area contributed by atoms with Crippen molar-refractivity contribution in [1.29, 1.82) is 0 Å². The molecule has 0 N–H and O–H groups in total. The molecule has 0 amide bonds. The van der Waals surface area contributed by atoms with Crippen molar-refractivity contribution >= 4 is 40.0 Å². The summed E-state index contributed by atoms with van der Waals surface area (Å²) in [6.45, 7) is 0.603. The first-order valence-electron chi connectivity index (χ1n) is 4.03. The van der Waals surface area contributed by atoms with Crippen molar-refractivity contribution in [3.05, 3.63) is 33.6 Å². The standard InChI is InChI=1S/C10H7IO3/c11-8-2-1-7-3-9(5-13-6-12)14-10(7)4-8/h1-4,6H,5H2. The van der Waals surface area contributed by atoms with Crippen LogP contribution in [-0.2, 0) is 16.1 Å². The summed E-state index contributed by atoms with van der Waals surface area (Å²) < 4.78 is 11.2. The molecule has 0 unspecified atom stereocenters. The summed E-state index contributed by atoms with van der Waals surface area (Å²) >= 11 is 2.22. The number of hydrogen-bond acceptors (Lipinski definition) is 3. The van der Waals surface area contributed by atoms with Crippen molar-refractivity contribution in [3.8, 4) is 0 Å². The molecule has 0 atom stereocenters. The number of carbonyl (C=O) groups excluding carboxylic acids is 1. The van der Waals surface area contributed by atoms with Gasteiger partial charge in [-0.05, 0) is 40.8 Å². The summed E-state index contributed by atoms with van der Waals surface area (Å²) in [5.41, 5.74) is 0.821. The van der Waals surface area contributed by atoms with E-state index in [2.05, 4.69) is 27.3 Å². The average Bonchev–Trinajstić information content (AvgIpc) is 2.56. The lowest BCUT2D eigenvalue weighted by atomic mass is 10.2. The van der Waals surface area contributed by atoms with E-state index < -0.39 is 0 Å². The number of carbonyl (C=O) groups is 1. The van der Waals surface area contributed by atoms with Crippen molar-refractivity contribution < 1.29 is 13.9 Å². The van der Waals surface area contributed by atoms with E-state index in [1.807, 2.05) is 24.3 Å². The highest BCUT2D eigenvalue weighted by molar-refractivity contribution is 14.1. The van der Waals surface area contributed by atoms with Gasteiger partial charge in [0, 0.05) is 8.96 Å². The minimum atomic E-state index is 0.189. The summed E-state index contributed by atoms with van der Waals surface area (Å²) in [5.74, 6) is 0.661. The molecule has 2 rings (SSSR count). The maximum atomic E-state index is 9.98. The molecule has 1 aromatic heterocycles. The molecule has 0 saturated heterocycles. The molecule has 0 aliphatic heterocycles. The molecule has 0 bridgehead atoms. The summed E-state index contributed by atoms with van der Waals surface area (Å²) in [6.07, 6.45) is 0. The zero-order valence-corrected chi connectivity index (χ0v) is 9.35. The number of benzene rings is 1. The van der Waals surface area contributed by atoms with Crippen LogP contribution >= 0.6 is 22.6 Å². The second-order valence-corrected chi connectivity index (χ2v) is 4.05.